The van der Waals surface area contributed by atoms with Gasteiger partial charge in [-0.1, -0.05) is 18.6 Å². The van der Waals surface area contributed by atoms with Gasteiger partial charge in [-0.2, -0.15) is 0 Å². The summed E-state index contributed by atoms with van der Waals surface area (Å²) in [6.07, 6.45) is 10.5. The molecule has 126 valence electrons. The fraction of sp³-hybridized carbons (Fsp3) is 0.474. The van der Waals surface area contributed by atoms with E-state index in [9.17, 15) is 4.79 Å². The number of ether oxygens (including phenoxy) is 1. The molecule has 0 aliphatic heterocycles. The van der Waals surface area contributed by atoms with Gasteiger partial charge in [0.05, 0.1) is 10.7 Å². The minimum atomic E-state index is -0.254. The third kappa shape index (κ3) is 7.93. The zero-order chi connectivity index (χ0) is 17.1. The van der Waals surface area contributed by atoms with Gasteiger partial charge in [0.1, 0.15) is 6.10 Å². The van der Waals surface area contributed by atoms with Crippen LogP contribution in [0.3, 0.4) is 0 Å². The summed E-state index contributed by atoms with van der Waals surface area (Å²) < 4.78 is 5.62. The smallest absolute Gasteiger partial charge is 0.306 e. The van der Waals surface area contributed by atoms with E-state index in [2.05, 4.69) is 18.1 Å². The summed E-state index contributed by atoms with van der Waals surface area (Å²) in [7, 11) is 0. The first-order valence-corrected chi connectivity index (χ1v) is 8.96. The van der Waals surface area contributed by atoms with Crippen LogP contribution in [0.25, 0.3) is 6.08 Å². The molecule has 1 rings (SSSR count). The van der Waals surface area contributed by atoms with Gasteiger partial charge in [-0.3, -0.25) is 4.79 Å². The number of hydrogen-bond donors (Lipinski definition) is 0. The largest absolute Gasteiger partial charge is 0.457 e. The van der Waals surface area contributed by atoms with Crippen molar-refractivity contribution in [3.8, 4) is 0 Å². The van der Waals surface area contributed by atoms with Gasteiger partial charge in [-0.05, 0) is 44.8 Å². The average molecular weight is 333 g/mol. The molecule has 0 amide bonds. The van der Waals surface area contributed by atoms with Crippen molar-refractivity contribution in [2.45, 2.75) is 58.5 Å². The molecule has 0 unspecified atom stereocenters. The summed E-state index contributed by atoms with van der Waals surface area (Å²) >= 11 is 1.61. The maximum absolute atomic E-state index is 12.0. The minimum absolute atomic E-state index is 0.141. The van der Waals surface area contributed by atoms with Crippen LogP contribution in [0.2, 0.25) is 0 Å². The monoisotopic (exact) mass is 333 g/mol. The second-order valence-electron chi connectivity index (χ2n) is 5.57. The molecule has 0 radical (unpaired) electrons. The summed E-state index contributed by atoms with van der Waals surface area (Å²) in [5, 5.41) is 3.03. The number of thiazole rings is 1. The molecule has 0 fully saturated rings. The minimum Gasteiger partial charge on any atom is -0.457 e. The van der Waals surface area contributed by atoms with E-state index in [1.807, 2.05) is 31.4 Å². The summed E-state index contributed by atoms with van der Waals surface area (Å²) in [6, 6.07) is 0. The molecule has 0 aromatic carbocycles. The molecule has 1 heterocycles. The molecule has 1 atom stereocenters. The molecular weight excluding hydrogens is 306 g/mol. The van der Waals surface area contributed by atoms with E-state index in [1.165, 1.54) is 0 Å². The zero-order valence-electron chi connectivity index (χ0n) is 14.2. The maximum Gasteiger partial charge on any atom is 0.306 e. The Kier molecular flexibility index (Phi) is 9.22. The number of aromatic nitrogens is 1. The maximum atomic E-state index is 12.0. The number of rotatable bonds is 11. The Morgan fingerprint density at radius 2 is 2.13 bits per heavy atom. The second-order valence-corrected chi connectivity index (χ2v) is 6.63. The third-order valence-electron chi connectivity index (χ3n) is 3.46. The van der Waals surface area contributed by atoms with Crippen LogP contribution in [0.15, 0.2) is 36.3 Å². The van der Waals surface area contributed by atoms with E-state index < -0.39 is 0 Å². The molecule has 0 spiro atoms. The molecule has 23 heavy (non-hydrogen) atoms. The lowest BCUT2D eigenvalue weighted by Crippen LogP contribution is -2.18. The van der Waals surface area contributed by atoms with Gasteiger partial charge < -0.3 is 4.74 Å². The number of aryl methyl sites for hydroxylation is 1. The van der Waals surface area contributed by atoms with Crippen LogP contribution in [-0.4, -0.2) is 17.1 Å². The predicted molar refractivity (Wildman–Crippen MR) is 98.5 cm³/mol. The highest BCUT2D eigenvalue weighted by molar-refractivity contribution is 7.09. The van der Waals surface area contributed by atoms with Gasteiger partial charge >= 0.3 is 5.97 Å². The van der Waals surface area contributed by atoms with Crippen molar-refractivity contribution in [2.75, 3.05) is 0 Å². The Hall–Kier alpha value is -1.68. The molecule has 4 heteroatoms. The average Bonchev–Trinajstić information content (AvgIpc) is 2.91. The van der Waals surface area contributed by atoms with Crippen molar-refractivity contribution in [1.29, 1.82) is 0 Å². The Morgan fingerprint density at radius 3 is 2.74 bits per heavy atom. The molecule has 1 aromatic heterocycles. The van der Waals surface area contributed by atoms with E-state index in [0.717, 1.165) is 42.0 Å². The molecule has 0 aliphatic carbocycles. The number of nitrogens with zero attached hydrogens (tertiary/aromatic N) is 1. The Labute approximate surface area is 143 Å². The van der Waals surface area contributed by atoms with Crippen LogP contribution < -0.4 is 0 Å². The molecule has 3 nitrogen and oxygen atoms in total. The Bertz CT molecular complexity index is 545. The summed E-state index contributed by atoms with van der Waals surface area (Å²) in [5.41, 5.74) is 1.91. The highest BCUT2D eigenvalue weighted by Crippen LogP contribution is 2.18. The van der Waals surface area contributed by atoms with Crippen LogP contribution in [0.1, 0.15) is 56.2 Å². The first-order valence-electron chi connectivity index (χ1n) is 8.08. The number of carbonyl (C=O) groups excluding carboxylic acids is 1. The van der Waals surface area contributed by atoms with Crippen LogP contribution in [0.5, 0.6) is 0 Å². The van der Waals surface area contributed by atoms with Crippen molar-refractivity contribution in [3.63, 3.8) is 0 Å². The van der Waals surface area contributed by atoms with Crippen LogP contribution in [0, 0.1) is 6.92 Å². The number of carbonyl (C=O) groups is 1. The SMILES string of the molecule is C=CCCCCCC(=O)O[C@@H](CC=C)/C(C)=C/c1csc(C)n1. The first-order chi connectivity index (χ1) is 11.1. The Morgan fingerprint density at radius 1 is 1.35 bits per heavy atom. The van der Waals surface area contributed by atoms with Crippen molar-refractivity contribution in [2.24, 2.45) is 0 Å². The normalized spacial score (nSPS) is 12.7. The van der Waals surface area contributed by atoms with Gasteiger partial charge in [-0.15, -0.1) is 24.5 Å². The lowest BCUT2D eigenvalue weighted by atomic mass is 10.1. The van der Waals surface area contributed by atoms with E-state index in [1.54, 1.807) is 17.4 Å². The molecule has 0 saturated heterocycles. The van der Waals surface area contributed by atoms with Gasteiger partial charge in [0.15, 0.2) is 0 Å². The van der Waals surface area contributed by atoms with Crippen LogP contribution in [-0.2, 0) is 9.53 Å². The first kappa shape index (κ1) is 19.4. The summed E-state index contributed by atoms with van der Waals surface area (Å²) in [6.45, 7) is 11.4. The summed E-state index contributed by atoms with van der Waals surface area (Å²) in [5.74, 6) is -0.141. The number of esters is 1. The lowest BCUT2D eigenvalue weighted by Gasteiger charge is -2.17. The molecule has 0 bridgehead atoms. The number of allylic oxidation sites excluding steroid dienone is 1. The molecule has 0 N–H and O–H groups in total. The van der Waals surface area contributed by atoms with Gasteiger partial charge in [0.2, 0.25) is 0 Å². The lowest BCUT2D eigenvalue weighted by molar-refractivity contribution is -0.147. The molecule has 0 saturated carbocycles. The van der Waals surface area contributed by atoms with Gasteiger partial charge in [-0.25, -0.2) is 4.98 Å². The molecule has 0 aliphatic rings. The van der Waals surface area contributed by atoms with Crippen LogP contribution >= 0.6 is 11.3 Å². The fourth-order valence-electron chi connectivity index (χ4n) is 2.20. The van der Waals surface area contributed by atoms with Crippen LogP contribution in [0.4, 0.5) is 0 Å². The topological polar surface area (TPSA) is 39.2 Å². The van der Waals surface area contributed by atoms with Crippen molar-refractivity contribution in [3.05, 3.63) is 47.0 Å². The number of unbranched alkanes of at least 4 members (excludes halogenated alkanes) is 3. The van der Waals surface area contributed by atoms with E-state index in [4.69, 9.17) is 4.74 Å². The standard InChI is InChI=1S/C19H27NO2S/c1-5-7-8-9-10-12-19(21)22-18(11-6-2)15(3)13-17-14-23-16(4)20-17/h5-6,13-14,18H,1-2,7-12H2,3-4H3/b15-13+/t18-/m0/s1. The van der Waals surface area contributed by atoms with Gasteiger partial charge in [0.25, 0.3) is 0 Å². The third-order valence-corrected chi connectivity index (χ3v) is 4.26. The van der Waals surface area contributed by atoms with E-state index in [-0.39, 0.29) is 12.1 Å². The zero-order valence-corrected chi connectivity index (χ0v) is 15.0. The molecular formula is C19H27NO2S. The van der Waals surface area contributed by atoms with Crippen molar-refractivity contribution in [1.82, 2.24) is 4.98 Å². The number of hydrogen-bond acceptors (Lipinski definition) is 4. The molecule has 1 aromatic rings. The van der Waals surface area contributed by atoms with E-state index >= 15 is 0 Å². The second kappa shape index (κ2) is 10.9. The highest BCUT2D eigenvalue weighted by Gasteiger charge is 2.15. The predicted octanol–water partition coefficient (Wildman–Crippen LogP) is 5.48. The quantitative estimate of drug-likeness (QED) is 0.306. The Balaban J connectivity index is 2.53. The van der Waals surface area contributed by atoms with E-state index in [0.29, 0.717) is 12.8 Å². The highest BCUT2D eigenvalue weighted by atomic mass is 32.1. The van der Waals surface area contributed by atoms with Crippen molar-refractivity contribution < 1.29 is 9.53 Å². The fourth-order valence-corrected chi connectivity index (χ4v) is 2.77. The van der Waals surface area contributed by atoms with Gasteiger partial charge in [0, 0.05) is 18.2 Å². The summed E-state index contributed by atoms with van der Waals surface area (Å²) in [4.78, 5) is 16.4. The van der Waals surface area contributed by atoms with Crippen molar-refractivity contribution >= 4 is 23.4 Å².